The van der Waals surface area contributed by atoms with E-state index in [-0.39, 0.29) is 6.09 Å². The molecule has 2 aromatic rings. The predicted molar refractivity (Wildman–Crippen MR) is 99.7 cm³/mol. The molecule has 1 aliphatic rings. The number of hydrogen-bond acceptors (Lipinski definition) is 5. The normalized spacial score (nSPS) is 16.6. The van der Waals surface area contributed by atoms with Crippen molar-refractivity contribution in [2.24, 2.45) is 0 Å². The number of nitriles is 1. The summed E-state index contributed by atoms with van der Waals surface area (Å²) in [4.78, 5) is 21.3. The van der Waals surface area contributed by atoms with Gasteiger partial charge in [-0.25, -0.2) is 9.78 Å². The lowest BCUT2D eigenvalue weighted by atomic mass is 9.89. The summed E-state index contributed by atoms with van der Waals surface area (Å²) < 4.78 is 5.39. The number of carbonyl (C=O) groups is 1. The van der Waals surface area contributed by atoms with Crippen molar-refractivity contribution in [3.05, 3.63) is 41.7 Å². The van der Waals surface area contributed by atoms with Gasteiger partial charge in [-0.3, -0.25) is 0 Å². The van der Waals surface area contributed by atoms with Crippen molar-refractivity contribution in [2.75, 3.05) is 13.1 Å². The van der Waals surface area contributed by atoms with E-state index in [1.807, 2.05) is 32.9 Å². The molecule has 1 saturated heterocycles. The van der Waals surface area contributed by atoms with Crippen LogP contribution in [0.4, 0.5) is 4.79 Å². The number of rotatable bonds is 2. The Balaban J connectivity index is 1.68. The molecule has 0 spiro atoms. The standard InChI is InChI=1S/C20H24N4O3/c1-19(2,3)27-18(25)24-10-8-20(26,9-11-24)16-13-22-17(23-16)15-6-4-14(12-21)5-7-15/h4-7,13,26H,8-11H2,1-3H3,(H,22,23). The first-order chi connectivity index (χ1) is 12.7. The molecule has 0 aliphatic carbocycles. The maximum absolute atomic E-state index is 12.2. The van der Waals surface area contributed by atoms with Crippen molar-refractivity contribution >= 4 is 6.09 Å². The molecule has 0 unspecified atom stereocenters. The zero-order chi connectivity index (χ0) is 19.7. The Labute approximate surface area is 158 Å². The van der Waals surface area contributed by atoms with Gasteiger partial charge in [-0.05, 0) is 57.9 Å². The molecule has 0 saturated carbocycles. The lowest BCUT2D eigenvalue weighted by Gasteiger charge is -2.38. The molecule has 1 aromatic carbocycles. The fourth-order valence-corrected chi connectivity index (χ4v) is 3.06. The van der Waals surface area contributed by atoms with E-state index in [2.05, 4.69) is 16.0 Å². The number of benzene rings is 1. The number of nitrogens with zero attached hydrogens (tertiary/aromatic N) is 3. The highest BCUT2D eigenvalue weighted by Gasteiger charge is 2.38. The average molecular weight is 368 g/mol. The fraction of sp³-hybridized carbons (Fsp3) is 0.450. The number of ether oxygens (including phenoxy) is 1. The van der Waals surface area contributed by atoms with Gasteiger partial charge in [-0.1, -0.05) is 0 Å². The van der Waals surface area contributed by atoms with E-state index in [0.29, 0.717) is 43.0 Å². The molecule has 1 aromatic heterocycles. The van der Waals surface area contributed by atoms with Gasteiger partial charge in [-0.15, -0.1) is 0 Å². The van der Waals surface area contributed by atoms with E-state index < -0.39 is 11.2 Å². The number of nitrogens with one attached hydrogen (secondary N) is 1. The van der Waals surface area contributed by atoms with E-state index in [4.69, 9.17) is 10.00 Å². The number of hydrogen-bond donors (Lipinski definition) is 2. The first-order valence-corrected chi connectivity index (χ1v) is 8.96. The highest BCUT2D eigenvalue weighted by molar-refractivity contribution is 5.68. The van der Waals surface area contributed by atoms with Crippen LogP contribution in [0.25, 0.3) is 11.4 Å². The zero-order valence-corrected chi connectivity index (χ0v) is 15.8. The topological polar surface area (TPSA) is 102 Å². The summed E-state index contributed by atoms with van der Waals surface area (Å²) >= 11 is 0. The van der Waals surface area contributed by atoms with Crippen molar-refractivity contribution in [2.45, 2.75) is 44.8 Å². The van der Waals surface area contributed by atoms with Crippen LogP contribution in [0, 0.1) is 11.3 Å². The van der Waals surface area contributed by atoms with Crippen LogP contribution in [0.2, 0.25) is 0 Å². The molecule has 1 fully saturated rings. The van der Waals surface area contributed by atoms with Crippen molar-refractivity contribution < 1.29 is 14.6 Å². The van der Waals surface area contributed by atoms with E-state index in [1.165, 1.54) is 0 Å². The van der Waals surface area contributed by atoms with Gasteiger partial charge in [0.15, 0.2) is 0 Å². The smallest absolute Gasteiger partial charge is 0.410 e. The summed E-state index contributed by atoms with van der Waals surface area (Å²) in [6.45, 7) is 6.33. The third-order valence-corrected chi connectivity index (χ3v) is 4.61. The molecule has 7 heteroatoms. The molecule has 2 N–H and O–H groups in total. The number of carbonyl (C=O) groups excluding carboxylic acids is 1. The minimum absolute atomic E-state index is 0.354. The minimum Gasteiger partial charge on any atom is -0.444 e. The van der Waals surface area contributed by atoms with Crippen LogP contribution in [-0.2, 0) is 10.3 Å². The van der Waals surface area contributed by atoms with Gasteiger partial charge in [0.05, 0.1) is 23.5 Å². The fourth-order valence-electron chi connectivity index (χ4n) is 3.06. The predicted octanol–water partition coefficient (Wildman–Crippen LogP) is 3.17. The summed E-state index contributed by atoms with van der Waals surface area (Å²) in [5, 5.41) is 19.9. The second kappa shape index (κ2) is 7.05. The highest BCUT2D eigenvalue weighted by Crippen LogP contribution is 2.33. The lowest BCUT2D eigenvalue weighted by Crippen LogP contribution is -2.47. The number of likely N-dealkylation sites (tertiary alicyclic amines) is 1. The Hall–Kier alpha value is -2.85. The largest absolute Gasteiger partial charge is 0.444 e. The number of amides is 1. The number of aromatic amines is 1. The molecule has 0 radical (unpaired) electrons. The molecule has 7 nitrogen and oxygen atoms in total. The Morgan fingerprint density at radius 2 is 1.93 bits per heavy atom. The van der Waals surface area contributed by atoms with Crippen LogP contribution >= 0.6 is 0 Å². The van der Waals surface area contributed by atoms with E-state index in [9.17, 15) is 9.90 Å². The van der Waals surface area contributed by atoms with Gasteiger partial charge in [0, 0.05) is 18.7 Å². The monoisotopic (exact) mass is 368 g/mol. The van der Waals surface area contributed by atoms with Crippen molar-refractivity contribution in [3.63, 3.8) is 0 Å². The summed E-state index contributed by atoms with van der Waals surface area (Å²) in [6.07, 6.45) is 2.09. The first kappa shape index (κ1) is 18.9. The van der Waals surface area contributed by atoms with Gasteiger partial charge in [0.1, 0.15) is 17.0 Å². The molecule has 1 amide bonds. The van der Waals surface area contributed by atoms with E-state index in [0.717, 1.165) is 5.56 Å². The minimum atomic E-state index is -1.06. The Kier molecular flexibility index (Phi) is 4.94. The van der Waals surface area contributed by atoms with Crippen LogP contribution in [0.1, 0.15) is 44.9 Å². The molecular weight excluding hydrogens is 344 g/mol. The van der Waals surface area contributed by atoms with Gasteiger partial charge in [0.2, 0.25) is 0 Å². The molecule has 0 bridgehead atoms. The number of aliphatic hydroxyl groups is 1. The molecule has 0 atom stereocenters. The Morgan fingerprint density at radius 1 is 1.30 bits per heavy atom. The molecule has 27 heavy (non-hydrogen) atoms. The average Bonchev–Trinajstić information content (AvgIpc) is 3.12. The zero-order valence-electron chi connectivity index (χ0n) is 15.8. The quantitative estimate of drug-likeness (QED) is 0.848. The van der Waals surface area contributed by atoms with Crippen molar-refractivity contribution in [1.82, 2.24) is 14.9 Å². The van der Waals surface area contributed by atoms with E-state index >= 15 is 0 Å². The van der Waals surface area contributed by atoms with Crippen LogP contribution in [0.15, 0.2) is 30.5 Å². The third kappa shape index (κ3) is 4.29. The van der Waals surface area contributed by atoms with Crippen LogP contribution in [0.3, 0.4) is 0 Å². The van der Waals surface area contributed by atoms with E-state index in [1.54, 1.807) is 23.2 Å². The lowest BCUT2D eigenvalue weighted by molar-refractivity contribution is -0.0378. The Bertz CT molecular complexity index is 851. The van der Waals surface area contributed by atoms with Crippen molar-refractivity contribution in [1.29, 1.82) is 5.26 Å². The summed E-state index contributed by atoms with van der Waals surface area (Å²) in [5.41, 5.74) is 0.458. The van der Waals surface area contributed by atoms with Gasteiger partial charge < -0.3 is 19.7 Å². The first-order valence-electron chi connectivity index (χ1n) is 8.96. The molecule has 142 valence electrons. The maximum atomic E-state index is 12.2. The number of imidazole rings is 1. The number of aromatic nitrogens is 2. The Morgan fingerprint density at radius 3 is 2.48 bits per heavy atom. The van der Waals surface area contributed by atoms with Crippen molar-refractivity contribution in [3.8, 4) is 17.5 Å². The molecule has 1 aliphatic heterocycles. The second-order valence-electron chi connectivity index (χ2n) is 7.83. The SMILES string of the molecule is CC(C)(C)OC(=O)N1CCC(O)(c2cnc(-c3ccc(C#N)cc3)[nH]2)CC1. The van der Waals surface area contributed by atoms with Crippen LogP contribution < -0.4 is 0 Å². The van der Waals surface area contributed by atoms with Gasteiger partial charge in [-0.2, -0.15) is 5.26 Å². The molecule has 3 rings (SSSR count). The summed E-state index contributed by atoms with van der Waals surface area (Å²) in [5.74, 6) is 0.637. The summed E-state index contributed by atoms with van der Waals surface area (Å²) in [6, 6.07) is 9.17. The highest BCUT2D eigenvalue weighted by atomic mass is 16.6. The number of H-pyrrole nitrogens is 1. The maximum Gasteiger partial charge on any atom is 0.410 e. The second-order valence-corrected chi connectivity index (χ2v) is 7.83. The van der Waals surface area contributed by atoms with Gasteiger partial charge >= 0.3 is 6.09 Å². The molecule has 2 heterocycles. The van der Waals surface area contributed by atoms with Crippen LogP contribution in [-0.4, -0.2) is 44.8 Å². The third-order valence-electron chi connectivity index (χ3n) is 4.61. The van der Waals surface area contributed by atoms with Gasteiger partial charge in [0.25, 0.3) is 0 Å². The summed E-state index contributed by atoms with van der Waals surface area (Å²) in [7, 11) is 0. The molecular formula is C20H24N4O3. The van der Waals surface area contributed by atoms with Crippen LogP contribution in [0.5, 0.6) is 0 Å². The number of piperidine rings is 1.